The molecule has 1 N–H and O–H groups in total. The maximum Gasteiger partial charge on any atom is 0.164 e. The normalized spacial score (nSPS) is 17.0. The SMILES string of the molecule is CC(NCCC(=O)c1ccc(F)cc1)C1CCN(Cc2ccccc2)CC1. The van der Waals surface area contributed by atoms with E-state index in [0.29, 0.717) is 30.5 Å². The van der Waals surface area contributed by atoms with Crippen molar-refractivity contribution in [1.29, 1.82) is 0 Å². The molecule has 144 valence electrons. The van der Waals surface area contributed by atoms with Crippen LogP contribution in [0.1, 0.15) is 42.1 Å². The Hall–Kier alpha value is -2.04. The molecular weight excluding hydrogens is 339 g/mol. The molecule has 4 heteroatoms. The molecule has 0 aromatic heterocycles. The second kappa shape index (κ2) is 9.77. The molecule has 2 aromatic rings. The van der Waals surface area contributed by atoms with E-state index in [1.807, 2.05) is 0 Å². The number of ketones is 1. The third-order valence-electron chi connectivity index (χ3n) is 5.57. The maximum atomic E-state index is 12.9. The van der Waals surface area contributed by atoms with Crippen LogP contribution in [0.25, 0.3) is 0 Å². The van der Waals surface area contributed by atoms with Crippen molar-refractivity contribution < 1.29 is 9.18 Å². The van der Waals surface area contributed by atoms with Crippen LogP contribution in [0, 0.1) is 11.7 Å². The number of rotatable bonds is 8. The minimum Gasteiger partial charge on any atom is -0.314 e. The van der Waals surface area contributed by atoms with Crippen LogP contribution in [0.4, 0.5) is 4.39 Å². The van der Waals surface area contributed by atoms with Gasteiger partial charge in [0, 0.05) is 31.1 Å². The fraction of sp³-hybridized carbons (Fsp3) is 0.435. The molecule has 0 amide bonds. The molecule has 0 bridgehead atoms. The van der Waals surface area contributed by atoms with Crippen molar-refractivity contribution >= 4 is 5.78 Å². The van der Waals surface area contributed by atoms with Gasteiger partial charge in [0.1, 0.15) is 5.82 Å². The molecule has 1 atom stereocenters. The highest BCUT2D eigenvalue weighted by atomic mass is 19.1. The largest absolute Gasteiger partial charge is 0.314 e. The summed E-state index contributed by atoms with van der Waals surface area (Å²) in [5.74, 6) is 0.405. The molecule has 0 spiro atoms. The van der Waals surface area contributed by atoms with E-state index < -0.39 is 0 Å². The van der Waals surface area contributed by atoms with Crippen molar-refractivity contribution in [3.8, 4) is 0 Å². The van der Waals surface area contributed by atoms with E-state index in [4.69, 9.17) is 0 Å². The summed E-state index contributed by atoms with van der Waals surface area (Å²) in [4.78, 5) is 14.7. The van der Waals surface area contributed by atoms with Crippen LogP contribution in [-0.4, -0.2) is 36.4 Å². The fourth-order valence-corrected chi connectivity index (χ4v) is 3.81. The van der Waals surface area contributed by atoms with E-state index in [1.54, 1.807) is 12.1 Å². The van der Waals surface area contributed by atoms with Gasteiger partial charge in [-0.1, -0.05) is 30.3 Å². The van der Waals surface area contributed by atoms with E-state index in [-0.39, 0.29) is 11.6 Å². The van der Waals surface area contributed by atoms with Gasteiger partial charge in [-0.05, 0) is 68.6 Å². The molecule has 1 saturated heterocycles. The summed E-state index contributed by atoms with van der Waals surface area (Å²) in [5, 5.41) is 3.52. The Kier molecular flexibility index (Phi) is 7.13. The Labute approximate surface area is 161 Å². The molecule has 2 aromatic carbocycles. The molecule has 0 aliphatic carbocycles. The van der Waals surface area contributed by atoms with Crippen molar-refractivity contribution in [3.63, 3.8) is 0 Å². The average molecular weight is 368 g/mol. The maximum absolute atomic E-state index is 12.9. The first-order valence-electron chi connectivity index (χ1n) is 9.90. The molecule has 1 unspecified atom stereocenters. The summed E-state index contributed by atoms with van der Waals surface area (Å²) in [6.45, 7) is 6.17. The number of hydrogen-bond donors (Lipinski definition) is 1. The molecule has 1 aliphatic heterocycles. The highest BCUT2D eigenvalue weighted by molar-refractivity contribution is 5.96. The van der Waals surface area contributed by atoms with Gasteiger partial charge in [-0.3, -0.25) is 9.69 Å². The van der Waals surface area contributed by atoms with Gasteiger partial charge in [-0.25, -0.2) is 4.39 Å². The number of carbonyl (C=O) groups is 1. The van der Waals surface area contributed by atoms with E-state index in [2.05, 4.69) is 47.5 Å². The molecule has 0 saturated carbocycles. The number of nitrogens with zero attached hydrogens (tertiary/aromatic N) is 1. The molecule has 1 aliphatic rings. The van der Waals surface area contributed by atoms with Crippen molar-refractivity contribution in [2.75, 3.05) is 19.6 Å². The molecule has 27 heavy (non-hydrogen) atoms. The third kappa shape index (κ3) is 5.98. The zero-order chi connectivity index (χ0) is 19.1. The van der Waals surface area contributed by atoms with E-state index in [9.17, 15) is 9.18 Å². The number of carbonyl (C=O) groups excluding carboxylic acids is 1. The highest BCUT2D eigenvalue weighted by Gasteiger charge is 2.23. The Bertz CT molecular complexity index is 709. The predicted octanol–water partition coefficient (Wildman–Crippen LogP) is 4.29. The first-order valence-corrected chi connectivity index (χ1v) is 9.90. The van der Waals surface area contributed by atoms with Crippen molar-refractivity contribution in [3.05, 3.63) is 71.5 Å². The molecule has 0 radical (unpaired) electrons. The predicted molar refractivity (Wildman–Crippen MR) is 107 cm³/mol. The molecule has 1 fully saturated rings. The topological polar surface area (TPSA) is 32.3 Å². The van der Waals surface area contributed by atoms with Crippen LogP contribution in [0.5, 0.6) is 0 Å². The van der Waals surface area contributed by atoms with Gasteiger partial charge in [-0.15, -0.1) is 0 Å². The van der Waals surface area contributed by atoms with Gasteiger partial charge < -0.3 is 5.32 Å². The van der Waals surface area contributed by atoms with Crippen molar-refractivity contribution in [1.82, 2.24) is 10.2 Å². The lowest BCUT2D eigenvalue weighted by molar-refractivity contribution is 0.0978. The molecule has 1 heterocycles. The lowest BCUT2D eigenvalue weighted by Gasteiger charge is -2.35. The minimum atomic E-state index is -0.308. The fourth-order valence-electron chi connectivity index (χ4n) is 3.81. The molecular formula is C23H29FN2O. The summed E-state index contributed by atoms with van der Waals surface area (Å²) in [6.07, 6.45) is 2.82. The first kappa shape index (κ1) is 19.7. The lowest BCUT2D eigenvalue weighted by Crippen LogP contribution is -2.42. The van der Waals surface area contributed by atoms with Crippen LogP contribution < -0.4 is 5.32 Å². The number of Topliss-reactive ketones (excluding diaryl/α,β-unsaturated/α-hetero) is 1. The van der Waals surface area contributed by atoms with Crippen LogP contribution >= 0.6 is 0 Å². The minimum absolute atomic E-state index is 0.0624. The van der Waals surface area contributed by atoms with E-state index in [1.165, 1.54) is 30.5 Å². The van der Waals surface area contributed by atoms with Crippen LogP contribution in [0.15, 0.2) is 54.6 Å². The Morgan fingerprint density at radius 2 is 1.78 bits per heavy atom. The van der Waals surface area contributed by atoms with Gasteiger partial charge in [-0.2, -0.15) is 0 Å². The summed E-state index contributed by atoms with van der Waals surface area (Å²) in [5.41, 5.74) is 1.96. The van der Waals surface area contributed by atoms with Crippen LogP contribution in [0.2, 0.25) is 0 Å². The van der Waals surface area contributed by atoms with Crippen LogP contribution in [0.3, 0.4) is 0 Å². The van der Waals surface area contributed by atoms with Gasteiger partial charge in [0.05, 0.1) is 0 Å². The van der Waals surface area contributed by atoms with E-state index >= 15 is 0 Å². The summed E-state index contributed by atoms with van der Waals surface area (Å²) < 4.78 is 12.9. The Morgan fingerprint density at radius 1 is 1.11 bits per heavy atom. The second-order valence-corrected chi connectivity index (χ2v) is 7.52. The number of nitrogens with one attached hydrogen (secondary N) is 1. The average Bonchev–Trinajstić information content (AvgIpc) is 2.69. The second-order valence-electron chi connectivity index (χ2n) is 7.52. The standard InChI is InChI=1S/C23H29FN2O/c1-18(25-14-11-23(27)21-7-9-22(24)10-8-21)20-12-15-26(16-13-20)17-19-5-3-2-4-6-19/h2-10,18,20,25H,11-17H2,1H3. The van der Waals surface area contributed by atoms with E-state index in [0.717, 1.165) is 19.6 Å². The van der Waals surface area contributed by atoms with Crippen molar-refractivity contribution in [2.45, 2.75) is 38.8 Å². The van der Waals surface area contributed by atoms with Crippen LogP contribution in [-0.2, 0) is 6.54 Å². The Balaban J connectivity index is 1.36. The zero-order valence-electron chi connectivity index (χ0n) is 16.0. The zero-order valence-corrected chi connectivity index (χ0v) is 16.0. The summed E-state index contributed by atoms with van der Waals surface area (Å²) in [6, 6.07) is 16.8. The van der Waals surface area contributed by atoms with Gasteiger partial charge in [0.15, 0.2) is 5.78 Å². The van der Waals surface area contributed by atoms with Gasteiger partial charge >= 0.3 is 0 Å². The number of likely N-dealkylation sites (tertiary alicyclic amines) is 1. The van der Waals surface area contributed by atoms with Gasteiger partial charge in [0.2, 0.25) is 0 Å². The van der Waals surface area contributed by atoms with Gasteiger partial charge in [0.25, 0.3) is 0 Å². The van der Waals surface area contributed by atoms with Crippen molar-refractivity contribution in [2.24, 2.45) is 5.92 Å². The lowest BCUT2D eigenvalue weighted by atomic mass is 9.90. The summed E-state index contributed by atoms with van der Waals surface area (Å²) >= 11 is 0. The number of halogens is 1. The number of piperidine rings is 1. The summed E-state index contributed by atoms with van der Waals surface area (Å²) in [7, 11) is 0. The number of benzene rings is 2. The molecule has 3 nitrogen and oxygen atoms in total. The third-order valence-corrected chi connectivity index (χ3v) is 5.57. The quantitative estimate of drug-likeness (QED) is 0.706. The monoisotopic (exact) mass is 368 g/mol. The molecule has 3 rings (SSSR count). The number of hydrogen-bond acceptors (Lipinski definition) is 3. The Morgan fingerprint density at radius 3 is 2.44 bits per heavy atom. The highest BCUT2D eigenvalue weighted by Crippen LogP contribution is 2.22. The first-order chi connectivity index (χ1) is 13.1. The smallest absolute Gasteiger partial charge is 0.164 e.